The molecule has 2 heterocycles. The number of hydrogen-bond donors (Lipinski definition) is 1. The van der Waals surface area contributed by atoms with E-state index in [-0.39, 0.29) is 11.3 Å². The second-order valence-electron chi connectivity index (χ2n) is 6.43. The van der Waals surface area contributed by atoms with Gasteiger partial charge in [0.1, 0.15) is 17.5 Å². The number of halogens is 6. The molecule has 0 aliphatic carbocycles. The van der Waals surface area contributed by atoms with E-state index in [1.165, 1.54) is 13.8 Å². The maximum Gasteiger partial charge on any atom is 0.471 e. The minimum absolute atomic E-state index is 0.0930. The Hall–Kier alpha value is -1.97. The first-order chi connectivity index (χ1) is 11.3. The summed E-state index contributed by atoms with van der Waals surface area (Å²) in [5.74, 6) is -1.99. The molecule has 3 rings (SSSR count). The van der Waals surface area contributed by atoms with Crippen LogP contribution >= 0.6 is 0 Å². The van der Waals surface area contributed by atoms with Gasteiger partial charge in [0, 0.05) is 5.56 Å². The van der Waals surface area contributed by atoms with E-state index in [2.05, 4.69) is 0 Å². The van der Waals surface area contributed by atoms with Crippen LogP contribution in [-0.2, 0) is 15.7 Å². The molecular formula is C15H13F6NO3. The Bertz CT molecular complexity index is 727. The first-order valence-corrected chi connectivity index (χ1v) is 7.21. The summed E-state index contributed by atoms with van der Waals surface area (Å²) < 4.78 is 86.7. The van der Waals surface area contributed by atoms with Gasteiger partial charge in [-0.1, -0.05) is 0 Å². The minimum Gasteiger partial charge on any atom is -0.484 e. The topological polar surface area (TPSA) is 50.9 Å². The standard InChI is InChI=1S/C15H13F6NO3/c1-12(2)13(6-22-11(23)15(19,20)21)10(25-13)8-5-7(14(16,17)18)3-4-9(8)24-12/h3-5,10H,6H2,1-2H3,(H,22,23). The van der Waals surface area contributed by atoms with Crippen LogP contribution in [0.2, 0.25) is 0 Å². The van der Waals surface area contributed by atoms with E-state index >= 15 is 0 Å². The van der Waals surface area contributed by atoms with Gasteiger partial charge in [0.25, 0.3) is 0 Å². The molecule has 1 amide bonds. The number of ether oxygens (including phenoxy) is 2. The van der Waals surface area contributed by atoms with E-state index in [0.717, 1.165) is 18.2 Å². The molecule has 1 aromatic carbocycles. The summed E-state index contributed by atoms with van der Waals surface area (Å²) in [6, 6.07) is 2.86. The number of carbonyl (C=O) groups is 1. The van der Waals surface area contributed by atoms with Crippen molar-refractivity contribution in [2.24, 2.45) is 0 Å². The minimum atomic E-state index is -5.07. The Labute approximate surface area is 138 Å². The molecule has 138 valence electrons. The number of nitrogens with one attached hydrogen (secondary N) is 1. The number of amides is 1. The fourth-order valence-corrected chi connectivity index (χ4v) is 2.99. The van der Waals surface area contributed by atoms with E-state index in [4.69, 9.17) is 9.47 Å². The first kappa shape index (κ1) is 17.8. The highest BCUT2D eigenvalue weighted by atomic mass is 19.4. The molecule has 2 unspecified atom stereocenters. The van der Waals surface area contributed by atoms with Gasteiger partial charge in [-0.25, -0.2) is 0 Å². The third kappa shape index (κ3) is 2.82. The van der Waals surface area contributed by atoms with E-state index in [0.29, 0.717) is 0 Å². The van der Waals surface area contributed by atoms with Crippen molar-refractivity contribution >= 4 is 5.91 Å². The predicted octanol–water partition coefficient (Wildman–Crippen LogP) is 3.37. The molecule has 25 heavy (non-hydrogen) atoms. The predicted molar refractivity (Wildman–Crippen MR) is 71.8 cm³/mol. The molecule has 0 aromatic heterocycles. The summed E-state index contributed by atoms with van der Waals surface area (Å²) in [6.07, 6.45) is -10.5. The molecule has 1 N–H and O–H groups in total. The molecule has 0 saturated carbocycles. The lowest BCUT2D eigenvalue weighted by Gasteiger charge is -2.37. The van der Waals surface area contributed by atoms with Gasteiger partial charge in [-0.15, -0.1) is 0 Å². The highest BCUT2D eigenvalue weighted by Gasteiger charge is 2.71. The summed E-state index contributed by atoms with van der Waals surface area (Å²) in [5.41, 5.74) is -3.34. The number of fused-ring (bicyclic) bond motifs is 3. The van der Waals surface area contributed by atoms with Crippen molar-refractivity contribution in [1.82, 2.24) is 5.32 Å². The van der Waals surface area contributed by atoms with Gasteiger partial charge >= 0.3 is 18.3 Å². The molecule has 2 aliphatic rings. The normalized spacial score (nSPS) is 27.0. The van der Waals surface area contributed by atoms with Crippen molar-refractivity contribution in [3.63, 3.8) is 0 Å². The summed E-state index contributed by atoms with van der Waals surface area (Å²) >= 11 is 0. The molecule has 2 aliphatic heterocycles. The van der Waals surface area contributed by atoms with Crippen LogP contribution in [0.1, 0.15) is 31.1 Å². The average molecular weight is 369 g/mol. The molecule has 1 fully saturated rings. The molecule has 0 bridgehead atoms. The molecule has 1 saturated heterocycles. The first-order valence-electron chi connectivity index (χ1n) is 7.21. The molecule has 0 spiro atoms. The van der Waals surface area contributed by atoms with Gasteiger partial charge in [-0.2, -0.15) is 26.3 Å². The zero-order valence-corrected chi connectivity index (χ0v) is 13.0. The average Bonchev–Trinajstić information content (AvgIpc) is 3.19. The Morgan fingerprint density at radius 1 is 1.20 bits per heavy atom. The number of carbonyl (C=O) groups excluding carboxylic acids is 1. The van der Waals surface area contributed by atoms with Crippen LogP contribution in [0, 0.1) is 0 Å². The van der Waals surface area contributed by atoms with Crippen LogP contribution < -0.4 is 10.1 Å². The second-order valence-corrected chi connectivity index (χ2v) is 6.43. The van der Waals surface area contributed by atoms with Crippen molar-refractivity contribution in [2.75, 3.05) is 6.54 Å². The van der Waals surface area contributed by atoms with Crippen molar-refractivity contribution in [1.29, 1.82) is 0 Å². The molecule has 0 radical (unpaired) electrons. The fraction of sp³-hybridized carbons (Fsp3) is 0.533. The number of alkyl halides is 6. The van der Waals surface area contributed by atoms with Gasteiger partial charge in [-0.05, 0) is 32.0 Å². The monoisotopic (exact) mass is 369 g/mol. The van der Waals surface area contributed by atoms with E-state index in [9.17, 15) is 31.1 Å². The maximum absolute atomic E-state index is 12.9. The second kappa shape index (κ2) is 5.03. The Balaban J connectivity index is 1.89. The SMILES string of the molecule is CC1(C)Oc2ccc(C(F)(F)F)cc2C2OC21CNC(=O)C(F)(F)F. The Kier molecular flexibility index (Phi) is 3.59. The third-order valence-corrected chi connectivity index (χ3v) is 4.47. The summed E-state index contributed by atoms with van der Waals surface area (Å²) in [5, 5.41) is 1.71. The van der Waals surface area contributed by atoms with Crippen LogP contribution in [0.15, 0.2) is 18.2 Å². The van der Waals surface area contributed by atoms with E-state index < -0.39 is 47.7 Å². The number of epoxide rings is 1. The lowest BCUT2D eigenvalue weighted by atomic mass is 9.81. The summed E-state index contributed by atoms with van der Waals surface area (Å²) in [7, 11) is 0. The smallest absolute Gasteiger partial charge is 0.471 e. The molecule has 4 nitrogen and oxygen atoms in total. The highest BCUT2D eigenvalue weighted by Crippen LogP contribution is 2.62. The maximum atomic E-state index is 12.9. The molecule has 10 heteroatoms. The van der Waals surface area contributed by atoms with Crippen LogP contribution in [0.25, 0.3) is 0 Å². The Morgan fingerprint density at radius 3 is 2.40 bits per heavy atom. The van der Waals surface area contributed by atoms with E-state index in [1.54, 1.807) is 5.32 Å². The lowest BCUT2D eigenvalue weighted by molar-refractivity contribution is -0.174. The van der Waals surface area contributed by atoms with Gasteiger partial charge in [0.15, 0.2) is 5.60 Å². The summed E-state index contributed by atoms with van der Waals surface area (Å²) in [4.78, 5) is 11.0. The van der Waals surface area contributed by atoms with Crippen molar-refractivity contribution in [2.45, 2.75) is 43.5 Å². The zero-order chi connectivity index (χ0) is 18.8. The van der Waals surface area contributed by atoms with Crippen molar-refractivity contribution in [3.05, 3.63) is 29.3 Å². The van der Waals surface area contributed by atoms with Gasteiger partial charge in [0.05, 0.1) is 12.1 Å². The van der Waals surface area contributed by atoms with Gasteiger partial charge < -0.3 is 14.8 Å². The number of hydrogen-bond acceptors (Lipinski definition) is 3. The van der Waals surface area contributed by atoms with Crippen LogP contribution in [-0.4, -0.2) is 29.8 Å². The van der Waals surface area contributed by atoms with Gasteiger partial charge in [0.2, 0.25) is 0 Å². The quantitative estimate of drug-likeness (QED) is 0.643. The van der Waals surface area contributed by atoms with Crippen molar-refractivity contribution in [3.8, 4) is 5.75 Å². The molecule has 2 atom stereocenters. The molecular weight excluding hydrogens is 356 g/mol. The number of rotatable bonds is 2. The van der Waals surface area contributed by atoms with Crippen molar-refractivity contribution < 1.29 is 40.6 Å². The van der Waals surface area contributed by atoms with Crippen LogP contribution in [0.4, 0.5) is 26.3 Å². The van der Waals surface area contributed by atoms with Crippen LogP contribution in [0.3, 0.4) is 0 Å². The highest BCUT2D eigenvalue weighted by molar-refractivity contribution is 5.81. The third-order valence-electron chi connectivity index (χ3n) is 4.47. The largest absolute Gasteiger partial charge is 0.484 e. The van der Waals surface area contributed by atoms with Crippen LogP contribution in [0.5, 0.6) is 5.75 Å². The zero-order valence-electron chi connectivity index (χ0n) is 13.0. The van der Waals surface area contributed by atoms with Gasteiger partial charge in [-0.3, -0.25) is 4.79 Å². The Morgan fingerprint density at radius 2 is 1.84 bits per heavy atom. The van der Waals surface area contributed by atoms with E-state index in [1.807, 2.05) is 0 Å². The molecule has 1 aromatic rings. The number of benzene rings is 1. The fourth-order valence-electron chi connectivity index (χ4n) is 2.99. The summed E-state index contributed by atoms with van der Waals surface area (Å²) in [6.45, 7) is 2.53. The lowest BCUT2D eigenvalue weighted by Crippen LogP contribution is -2.55.